The monoisotopic (exact) mass is 198 g/mol. The number of benzene rings is 1. The number of rotatable bonds is 3. The first-order valence-electron chi connectivity index (χ1n) is 3.76. The van der Waals surface area contributed by atoms with Crippen molar-refractivity contribution in [1.82, 2.24) is 0 Å². The Bertz CT molecular complexity index is 342. The van der Waals surface area contributed by atoms with E-state index in [1.54, 1.807) is 24.3 Å². The van der Waals surface area contributed by atoms with Gasteiger partial charge in [-0.15, -0.1) is 0 Å². The second-order valence-electron chi connectivity index (χ2n) is 2.65. The molecule has 1 unspecified atom stereocenters. The average molecular weight is 198 g/mol. The first-order valence-corrected chi connectivity index (χ1v) is 5.40. The van der Waals surface area contributed by atoms with Crippen molar-refractivity contribution in [3.8, 4) is 5.75 Å². The van der Waals surface area contributed by atoms with Crippen LogP contribution in [0.3, 0.4) is 0 Å². The average Bonchev–Trinajstić information content (AvgIpc) is 2.09. The zero-order chi connectivity index (χ0) is 9.90. The Hall–Kier alpha value is -1.05. The second-order valence-corrected chi connectivity index (χ2v) is 4.33. The molecule has 4 heteroatoms. The van der Waals surface area contributed by atoms with E-state index in [4.69, 9.17) is 9.42 Å². The summed E-state index contributed by atoms with van der Waals surface area (Å²) in [4.78, 5) is 9.06. The Morgan fingerprint density at radius 1 is 1.46 bits per heavy atom. The fourth-order valence-electron chi connectivity index (χ4n) is 0.787. The van der Waals surface area contributed by atoms with E-state index in [9.17, 15) is 4.57 Å². The van der Waals surface area contributed by atoms with E-state index in [0.29, 0.717) is 5.75 Å². The summed E-state index contributed by atoms with van der Waals surface area (Å²) in [5.41, 5.74) is 1.07. The van der Waals surface area contributed by atoms with Gasteiger partial charge in [-0.05, 0) is 19.1 Å². The minimum absolute atomic E-state index is 0.372. The van der Waals surface area contributed by atoms with Crippen molar-refractivity contribution < 1.29 is 14.0 Å². The minimum Gasteiger partial charge on any atom is -0.422 e. The standard InChI is InChI=1S/C9H11O3P/c1-3-13(10,11)12-9-6-4-8(2)5-7-9/h3-7H,1H2,2H3,(H,10,11). The van der Waals surface area contributed by atoms with Gasteiger partial charge in [0.05, 0.1) is 0 Å². The lowest BCUT2D eigenvalue weighted by Crippen LogP contribution is -1.88. The summed E-state index contributed by atoms with van der Waals surface area (Å²) in [6.45, 7) is 5.13. The molecule has 0 fully saturated rings. The molecule has 0 radical (unpaired) electrons. The summed E-state index contributed by atoms with van der Waals surface area (Å²) in [5.74, 6) is 1.28. The Balaban J connectivity index is 2.81. The van der Waals surface area contributed by atoms with E-state index in [0.717, 1.165) is 11.4 Å². The van der Waals surface area contributed by atoms with Gasteiger partial charge in [-0.2, -0.15) is 0 Å². The highest BCUT2D eigenvalue weighted by Crippen LogP contribution is 2.43. The molecule has 3 nitrogen and oxygen atoms in total. The normalized spacial score (nSPS) is 14.6. The van der Waals surface area contributed by atoms with Crippen LogP contribution in [0.5, 0.6) is 5.75 Å². The van der Waals surface area contributed by atoms with E-state index in [1.165, 1.54) is 0 Å². The maximum Gasteiger partial charge on any atom is 0.400 e. The molecule has 0 aliphatic heterocycles. The maximum absolute atomic E-state index is 11.1. The molecule has 0 aliphatic carbocycles. The summed E-state index contributed by atoms with van der Waals surface area (Å²) in [7, 11) is -3.65. The van der Waals surface area contributed by atoms with Crippen LogP contribution in [0.25, 0.3) is 0 Å². The molecule has 1 rings (SSSR count). The molecule has 0 saturated carbocycles. The van der Waals surface area contributed by atoms with Gasteiger partial charge in [0, 0.05) is 5.82 Å². The molecular weight excluding hydrogens is 187 g/mol. The minimum atomic E-state index is -3.65. The second kappa shape index (κ2) is 3.77. The molecule has 0 saturated heterocycles. The molecule has 0 spiro atoms. The van der Waals surface area contributed by atoms with Gasteiger partial charge in [-0.1, -0.05) is 24.3 Å². The van der Waals surface area contributed by atoms with E-state index >= 15 is 0 Å². The van der Waals surface area contributed by atoms with E-state index in [1.807, 2.05) is 6.92 Å². The molecule has 1 aromatic rings. The maximum atomic E-state index is 11.1. The quantitative estimate of drug-likeness (QED) is 0.759. The van der Waals surface area contributed by atoms with Crippen molar-refractivity contribution >= 4 is 7.60 Å². The number of aryl methyl sites for hydroxylation is 1. The van der Waals surface area contributed by atoms with Crippen LogP contribution in [0, 0.1) is 6.92 Å². The van der Waals surface area contributed by atoms with Gasteiger partial charge < -0.3 is 9.42 Å². The first-order chi connectivity index (χ1) is 6.03. The predicted molar refractivity (Wildman–Crippen MR) is 51.8 cm³/mol. The van der Waals surface area contributed by atoms with Gasteiger partial charge in [0.25, 0.3) is 0 Å². The summed E-state index contributed by atoms with van der Waals surface area (Å²) < 4.78 is 15.9. The van der Waals surface area contributed by atoms with Gasteiger partial charge in [0.15, 0.2) is 0 Å². The number of hydrogen-bond donors (Lipinski definition) is 1. The molecule has 0 amide bonds. The van der Waals surface area contributed by atoms with Crippen LogP contribution in [-0.4, -0.2) is 4.89 Å². The Kier molecular flexibility index (Phi) is 2.91. The highest BCUT2D eigenvalue weighted by atomic mass is 31.2. The predicted octanol–water partition coefficient (Wildman–Crippen LogP) is 2.70. The Morgan fingerprint density at radius 2 is 2.00 bits per heavy atom. The van der Waals surface area contributed by atoms with Crippen LogP contribution in [-0.2, 0) is 4.57 Å². The molecule has 1 aromatic carbocycles. The SMILES string of the molecule is C=CP(=O)(O)Oc1ccc(C)cc1. The van der Waals surface area contributed by atoms with E-state index in [2.05, 4.69) is 6.58 Å². The van der Waals surface area contributed by atoms with Gasteiger partial charge in [-0.25, -0.2) is 4.57 Å². The summed E-state index contributed by atoms with van der Waals surface area (Å²) in [6, 6.07) is 6.89. The lowest BCUT2D eigenvalue weighted by atomic mass is 10.2. The zero-order valence-corrected chi connectivity index (χ0v) is 8.20. The van der Waals surface area contributed by atoms with Crippen LogP contribution >= 0.6 is 7.60 Å². The molecule has 0 heterocycles. The molecule has 1 N–H and O–H groups in total. The fraction of sp³-hybridized carbons (Fsp3) is 0.111. The third-order valence-corrected chi connectivity index (χ3v) is 2.42. The molecular formula is C9H11O3P. The third kappa shape index (κ3) is 3.05. The lowest BCUT2D eigenvalue weighted by Gasteiger charge is -2.08. The van der Waals surface area contributed by atoms with Crippen molar-refractivity contribution in [3.63, 3.8) is 0 Å². The first kappa shape index (κ1) is 10.0. The lowest BCUT2D eigenvalue weighted by molar-refractivity contribution is 0.392. The van der Waals surface area contributed by atoms with Crippen molar-refractivity contribution in [2.24, 2.45) is 0 Å². The largest absolute Gasteiger partial charge is 0.422 e. The number of hydrogen-bond acceptors (Lipinski definition) is 2. The molecule has 0 aromatic heterocycles. The van der Waals surface area contributed by atoms with E-state index < -0.39 is 7.60 Å². The molecule has 1 atom stereocenters. The molecule has 0 aliphatic rings. The molecule has 13 heavy (non-hydrogen) atoms. The van der Waals surface area contributed by atoms with Crippen molar-refractivity contribution in [1.29, 1.82) is 0 Å². The van der Waals surface area contributed by atoms with Crippen molar-refractivity contribution in [3.05, 3.63) is 42.2 Å². The van der Waals surface area contributed by atoms with Crippen LogP contribution in [0.1, 0.15) is 5.56 Å². The van der Waals surface area contributed by atoms with Crippen LogP contribution in [0.4, 0.5) is 0 Å². The topological polar surface area (TPSA) is 46.5 Å². The third-order valence-electron chi connectivity index (χ3n) is 1.49. The zero-order valence-electron chi connectivity index (χ0n) is 7.30. The van der Waals surface area contributed by atoms with E-state index in [-0.39, 0.29) is 0 Å². The van der Waals surface area contributed by atoms with Gasteiger partial charge in [0.2, 0.25) is 0 Å². The fourth-order valence-corrected chi connectivity index (χ4v) is 1.29. The summed E-state index contributed by atoms with van der Waals surface area (Å²) in [5, 5.41) is 0. The highest BCUT2D eigenvalue weighted by Gasteiger charge is 2.14. The van der Waals surface area contributed by atoms with Crippen LogP contribution in [0.2, 0.25) is 0 Å². The molecule has 0 bridgehead atoms. The van der Waals surface area contributed by atoms with Gasteiger partial charge in [-0.3, -0.25) is 0 Å². The van der Waals surface area contributed by atoms with Crippen molar-refractivity contribution in [2.75, 3.05) is 0 Å². The Morgan fingerprint density at radius 3 is 2.46 bits per heavy atom. The van der Waals surface area contributed by atoms with Gasteiger partial charge >= 0.3 is 7.60 Å². The van der Waals surface area contributed by atoms with Gasteiger partial charge in [0.1, 0.15) is 5.75 Å². The van der Waals surface area contributed by atoms with Crippen LogP contribution < -0.4 is 4.52 Å². The van der Waals surface area contributed by atoms with Crippen molar-refractivity contribution in [2.45, 2.75) is 6.92 Å². The Labute approximate surface area is 77.2 Å². The summed E-state index contributed by atoms with van der Waals surface area (Å²) >= 11 is 0. The van der Waals surface area contributed by atoms with Crippen LogP contribution in [0.15, 0.2) is 36.7 Å². The molecule has 70 valence electrons. The smallest absolute Gasteiger partial charge is 0.400 e. The highest BCUT2D eigenvalue weighted by molar-refractivity contribution is 7.56. The summed E-state index contributed by atoms with van der Waals surface area (Å²) in [6.07, 6.45) is 0.